The number of nitrogens with zero attached hydrogens (tertiary/aromatic N) is 2. The van der Waals surface area contributed by atoms with Crippen molar-refractivity contribution in [2.24, 2.45) is 0 Å². The molecule has 1 N–H and O–H groups in total. The highest BCUT2D eigenvalue weighted by molar-refractivity contribution is 7.86. The Balaban J connectivity index is 0. The monoisotopic (exact) mass is 192 g/mol. The molecule has 0 aromatic carbocycles. The fourth-order valence-electron chi connectivity index (χ4n) is 0. The first-order valence-corrected chi connectivity index (χ1v) is 3.24. The third kappa shape index (κ3) is 6.97. The van der Waals surface area contributed by atoms with Crippen LogP contribution in [0.25, 0.3) is 5.53 Å². The van der Waals surface area contributed by atoms with Gasteiger partial charge in [-0.05, 0) is 0 Å². The summed E-state index contributed by atoms with van der Waals surface area (Å²) in [5.74, 6) is 0. The minimum Gasteiger partial charge on any atom is -0.362 e. The van der Waals surface area contributed by atoms with Gasteiger partial charge in [-0.25, -0.2) is 0 Å². The Bertz CT molecular complexity index is 236. The molecule has 5 nitrogen and oxygen atoms in total. The van der Waals surface area contributed by atoms with Gasteiger partial charge in [0.25, 0.3) is 0 Å². The van der Waals surface area contributed by atoms with Crippen LogP contribution >= 0.6 is 0 Å². The van der Waals surface area contributed by atoms with E-state index in [4.69, 9.17) is 18.5 Å². The normalized spacial score (nSPS) is 10.9. The molecule has 0 atom stereocenters. The summed E-state index contributed by atoms with van der Waals surface area (Å²) in [5.41, 5.74) is 1.55. The van der Waals surface area contributed by atoms with Crippen molar-refractivity contribution in [1.29, 1.82) is 0 Å². The van der Waals surface area contributed by atoms with Gasteiger partial charge in [0.05, 0.1) is 0 Å². The van der Waals surface area contributed by atoms with Gasteiger partial charge in [-0.2, -0.15) is 26.4 Å². The second-order valence-electron chi connectivity index (χ2n) is 1.06. The summed E-state index contributed by atoms with van der Waals surface area (Å²) in [7, 11) is -5.84. The van der Waals surface area contributed by atoms with E-state index < -0.39 is 15.6 Å². The maximum absolute atomic E-state index is 10.7. The van der Waals surface area contributed by atoms with Crippen molar-refractivity contribution in [3.63, 3.8) is 0 Å². The highest BCUT2D eigenvalue weighted by atomic mass is 32.2. The largest absolute Gasteiger partial charge is 0.522 e. The Morgan fingerprint density at radius 3 is 1.55 bits per heavy atom. The van der Waals surface area contributed by atoms with Crippen molar-refractivity contribution >= 4 is 16.8 Å². The predicted molar refractivity (Wildman–Crippen MR) is 28.3 cm³/mol. The molecule has 0 aliphatic carbocycles. The van der Waals surface area contributed by atoms with Gasteiger partial charge in [0.1, 0.15) is 0 Å². The van der Waals surface area contributed by atoms with Crippen molar-refractivity contribution in [3.8, 4) is 0 Å². The molecule has 0 radical (unpaired) electrons. The lowest BCUT2D eigenvalue weighted by atomic mass is 11.6. The van der Waals surface area contributed by atoms with E-state index in [9.17, 15) is 13.2 Å². The maximum atomic E-state index is 10.7. The van der Waals surface area contributed by atoms with Crippen molar-refractivity contribution in [3.05, 3.63) is 5.53 Å². The van der Waals surface area contributed by atoms with E-state index >= 15 is 0 Å². The van der Waals surface area contributed by atoms with Crippen LogP contribution in [0.3, 0.4) is 0 Å². The van der Waals surface area contributed by atoms with Gasteiger partial charge in [0.15, 0.2) is 0 Å². The van der Waals surface area contributed by atoms with E-state index in [-0.39, 0.29) is 0 Å². The molecule has 11 heavy (non-hydrogen) atoms. The van der Waals surface area contributed by atoms with Gasteiger partial charge in [0, 0.05) is 0 Å². The molecule has 0 aliphatic heterocycles. The van der Waals surface area contributed by atoms with Crippen molar-refractivity contribution in [2.45, 2.75) is 5.51 Å². The van der Waals surface area contributed by atoms with E-state index in [1.165, 1.54) is 0 Å². The first kappa shape index (κ1) is 12.7. The molecule has 0 rings (SSSR count). The molecule has 0 amide bonds. The topological polar surface area (TPSA) is 90.8 Å². The van der Waals surface area contributed by atoms with Crippen LogP contribution in [0.15, 0.2) is 0 Å². The second-order valence-corrected chi connectivity index (χ2v) is 2.48. The number of rotatable bonds is 0. The van der Waals surface area contributed by atoms with E-state index in [0.717, 1.165) is 0 Å². The Morgan fingerprint density at radius 2 is 1.55 bits per heavy atom. The molecule has 0 aromatic rings. The summed E-state index contributed by atoms with van der Waals surface area (Å²) >= 11 is 0. The van der Waals surface area contributed by atoms with E-state index in [0.29, 0.717) is 0 Å². The van der Waals surface area contributed by atoms with E-state index in [2.05, 4.69) is 11.5 Å². The number of hydrogen-bond donors (Lipinski definition) is 1. The molecule has 0 saturated carbocycles. The second kappa shape index (κ2) is 4.06. The van der Waals surface area contributed by atoms with Gasteiger partial charge >= 0.3 is 15.6 Å². The minimum absolute atomic E-state index is 2.25. The summed E-state index contributed by atoms with van der Waals surface area (Å²) < 4.78 is 57.5. The molecule has 0 aliphatic rings. The van der Waals surface area contributed by atoms with Crippen LogP contribution in [0.5, 0.6) is 0 Å². The molecule has 0 aromatic heterocycles. The number of halogens is 3. The SMILES string of the molecule is C=[N+]=[N-].O=S(=O)(O)C(F)(F)F. The fourth-order valence-corrected chi connectivity index (χ4v) is 0. The lowest BCUT2D eigenvalue weighted by molar-refractivity contribution is -0.0510. The average molecular weight is 192 g/mol. The van der Waals surface area contributed by atoms with Crippen LogP contribution in [0.4, 0.5) is 13.2 Å². The highest BCUT2D eigenvalue weighted by Crippen LogP contribution is 2.20. The zero-order valence-corrected chi connectivity index (χ0v) is 5.72. The molecule has 66 valence electrons. The third-order valence-corrected chi connectivity index (χ3v) is 0.877. The fraction of sp³-hybridized carbons (Fsp3) is 0.500. The molecule has 9 heteroatoms. The summed E-state index contributed by atoms with van der Waals surface area (Å²) in [6.45, 7) is 2.67. The molecular weight excluding hydrogens is 189 g/mol. The lowest BCUT2D eigenvalue weighted by Crippen LogP contribution is -2.21. The summed E-state index contributed by atoms with van der Waals surface area (Å²) in [6, 6.07) is 0. The lowest BCUT2D eigenvalue weighted by Gasteiger charge is -1.97. The van der Waals surface area contributed by atoms with Gasteiger partial charge in [-0.1, -0.05) is 0 Å². The summed E-state index contributed by atoms with van der Waals surface area (Å²) in [4.78, 5) is 2.25. The average Bonchev–Trinajstić information content (AvgIpc) is 1.60. The molecule has 0 saturated heterocycles. The molecule has 0 spiro atoms. The Kier molecular flexibility index (Phi) is 4.70. The van der Waals surface area contributed by atoms with Crippen LogP contribution < -0.4 is 0 Å². The van der Waals surface area contributed by atoms with Crippen LogP contribution in [-0.4, -0.2) is 30.0 Å². The highest BCUT2D eigenvalue weighted by Gasteiger charge is 2.44. The van der Waals surface area contributed by atoms with E-state index in [1.54, 1.807) is 0 Å². The Hall–Kier alpha value is -0.920. The molecule has 0 fully saturated rings. The van der Waals surface area contributed by atoms with Crippen LogP contribution in [0, 0.1) is 0 Å². The molecule has 0 heterocycles. The first-order valence-electron chi connectivity index (χ1n) is 1.80. The molecule has 0 bridgehead atoms. The van der Waals surface area contributed by atoms with Crippen LogP contribution in [0.1, 0.15) is 0 Å². The van der Waals surface area contributed by atoms with Gasteiger partial charge in [-0.3, -0.25) is 4.55 Å². The maximum Gasteiger partial charge on any atom is 0.522 e. The molecule has 0 unspecified atom stereocenters. The minimum atomic E-state index is -5.84. The molecular formula is C2H3F3N2O3S. The number of hydrogen-bond acceptors (Lipinski definition) is 2. The standard InChI is InChI=1S/CHF3O3S.CH2N2/c2-1(3,4)8(5,6)7;1-3-2/h(H,5,6,7);1H2. The zero-order chi connectivity index (χ0) is 9.71. The van der Waals surface area contributed by atoms with Crippen molar-refractivity contribution in [1.82, 2.24) is 0 Å². The Labute approximate surface area is 59.8 Å². The predicted octanol–water partition coefficient (Wildman–Crippen LogP) is 0.311. The van der Waals surface area contributed by atoms with Crippen LogP contribution in [0.2, 0.25) is 0 Å². The smallest absolute Gasteiger partial charge is 0.362 e. The van der Waals surface area contributed by atoms with Gasteiger partial charge in [0.2, 0.25) is 6.72 Å². The summed E-state index contributed by atoms with van der Waals surface area (Å²) in [6.07, 6.45) is 0. The summed E-state index contributed by atoms with van der Waals surface area (Å²) in [5, 5.41) is 0. The third-order valence-electron chi connectivity index (χ3n) is 0.292. The van der Waals surface area contributed by atoms with Gasteiger partial charge in [-0.15, -0.1) is 0 Å². The van der Waals surface area contributed by atoms with Crippen molar-refractivity contribution < 1.29 is 30.9 Å². The number of alkyl halides is 3. The first-order chi connectivity index (χ1) is 4.66. The Morgan fingerprint density at radius 1 is 1.45 bits per heavy atom. The van der Waals surface area contributed by atoms with Gasteiger partial charge < -0.3 is 5.53 Å². The van der Waals surface area contributed by atoms with Crippen LogP contribution in [-0.2, 0) is 10.1 Å². The quantitative estimate of drug-likeness (QED) is 0.197. The van der Waals surface area contributed by atoms with E-state index in [1.807, 2.05) is 0 Å². The van der Waals surface area contributed by atoms with Crippen molar-refractivity contribution in [2.75, 3.05) is 0 Å². The zero-order valence-electron chi connectivity index (χ0n) is 4.91.